The van der Waals surface area contributed by atoms with E-state index >= 15 is 0 Å². The molecule has 0 amide bonds. The molecule has 4 nitrogen and oxygen atoms in total. The molecule has 1 aliphatic carbocycles. The van der Waals surface area contributed by atoms with Gasteiger partial charge in [0.1, 0.15) is 0 Å². The smallest absolute Gasteiger partial charge is 0.328 e. The van der Waals surface area contributed by atoms with Crippen LogP contribution >= 0.6 is 0 Å². The highest BCUT2D eigenvalue weighted by molar-refractivity contribution is 6.00. The van der Waals surface area contributed by atoms with Crippen LogP contribution in [-0.4, -0.2) is 11.1 Å². The number of fused-ring (bicyclic) bond motifs is 1. The summed E-state index contributed by atoms with van der Waals surface area (Å²) < 4.78 is 14.5. The Morgan fingerprint density at radius 2 is 1.67 bits per heavy atom. The molecule has 5 rings (SSSR count). The van der Waals surface area contributed by atoms with Crippen molar-refractivity contribution in [3.05, 3.63) is 107 Å². The van der Waals surface area contributed by atoms with E-state index in [2.05, 4.69) is 35.1 Å². The number of alkyl halides is 1. The minimum Gasteiger partial charge on any atom is -0.478 e. The van der Waals surface area contributed by atoms with Gasteiger partial charge < -0.3 is 10.5 Å². The average Bonchev–Trinajstić information content (AvgIpc) is 3.17. The van der Waals surface area contributed by atoms with E-state index in [1.165, 1.54) is 17.6 Å². The van der Waals surface area contributed by atoms with Gasteiger partial charge in [0.2, 0.25) is 0 Å². The van der Waals surface area contributed by atoms with Gasteiger partial charge in [-0.25, -0.2) is 14.6 Å². The number of aliphatic carboxylic acids is 1. The third kappa shape index (κ3) is 4.32. The number of hydrogen-bond donors (Lipinski definition) is 3. The first-order valence-corrected chi connectivity index (χ1v) is 11.2. The van der Waals surface area contributed by atoms with Crippen LogP contribution in [0.3, 0.4) is 0 Å². The molecule has 5 heteroatoms. The summed E-state index contributed by atoms with van der Waals surface area (Å²) in [6, 6.07) is 24.2. The lowest BCUT2D eigenvalue weighted by atomic mass is 9.73. The number of nitrogens with one attached hydrogen (secondary N) is 2. The molecule has 1 unspecified atom stereocenters. The number of anilines is 1. The average molecular weight is 441 g/mol. The first kappa shape index (κ1) is 21.2. The maximum atomic E-state index is 14.5. The minimum absolute atomic E-state index is 0.444. The number of rotatable bonds is 6. The molecule has 1 aliphatic heterocycles. The summed E-state index contributed by atoms with van der Waals surface area (Å²) in [7, 11) is 0. The predicted molar refractivity (Wildman–Crippen MR) is 130 cm³/mol. The highest BCUT2D eigenvalue weighted by Crippen LogP contribution is 2.46. The van der Waals surface area contributed by atoms with Crippen LogP contribution in [0.2, 0.25) is 0 Å². The Hall–Kier alpha value is -3.70. The van der Waals surface area contributed by atoms with Crippen molar-refractivity contribution in [3.63, 3.8) is 0 Å². The van der Waals surface area contributed by atoms with E-state index in [-0.39, 0.29) is 0 Å². The van der Waals surface area contributed by atoms with E-state index in [0.717, 1.165) is 46.9 Å². The van der Waals surface area contributed by atoms with E-state index in [0.29, 0.717) is 11.5 Å². The number of hydrazine groups is 1. The van der Waals surface area contributed by atoms with Gasteiger partial charge in [0, 0.05) is 11.6 Å². The van der Waals surface area contributed by atoms with E-state index in [1.807, 2.05) is 48.5 Å². The van der Waals surface area contributed by atoms with Gasteiger partial charge >= 0.3 is 5.97 Å². The Morgan fingerprint density at radius 1 is 0.939 bits per heavy atom. The van der Waals surface area contributed by atoms with Crippen LogP contribution in [0.1, 0.15) is 53.4 Å². The molecule has 33 heavy (non-hydrogen) atoms. The fraction of sp³-hybridized carbons (Fsp3) is 0.179. The van der Waals surface area contributed by atoms with Crippen molar-refractivity contribution >= 4 is 28.9 Å². The number of benzene rings is 3. The van der Waals surface area contributed by atoms with Gasteiger partial charge in [-0.2, -0.15) is 0 Å². The van der Waals surface area contributed by atoms with Crippen molar-refractivity contribution in [2.24, 2.45) is 5.92 Å². The summed E-state index contributed by atoms with van der Waals surface area (Å²) in [6.07, 6.45) is 4.93. The van der Waals surface area contributed by atoms with Crippen LogP contribution in [-0.2, 0) is 4.79 Å². The highest BCUT2D eigenvalue weighted by atomic mass is 19.1. The Kier molecular flexibility index (Phi) is 5.80. The second-order valence-electron chi connectivity index (χ2n) is 8.51. The predicted octanol–water partition coefficient (Wildman–Crippen LogP) is 6.44. The fourth-order valence-electron chi connectivity index (χ4n) is 4.57. The van der Waals surface area contributed by atoms with Crippen molar-refractivity contribution in [3.8, 4) is 0 Å². The van der Waals surface area contributed by atoms with Gasteiger partial charge in [0.05, 0.1) is 5.69 Å². The number of carboxylic acid groups (broad SMARTS) is 1. The van der Waals surface area contributed by atoms with Crippen molar-refractivity contribution in [2.45, 2.75) is 25.6 Å². The van der Waals surface area contributed by atoms with E-state index in [4.69, 9.17) is 5.11 Å². The van der Waals surface area contributed by atoms with Crippen LogP contribution < -0.4 is 10.9 Å². The summed E-state index contributed by atoms with van der Waals surface area (Å²) in [5.41, 5.74) is 13.3. The molecular weight excluding hydrogens is 415 g/mol. The molecule has 0 aromatic heterocycles. The zero-order valence-corrected chi connectivity index (χ0v) is 18.1. The Bertz CT molecular complexity index is 1230. The summed E-state index contributed by atoms with van der Waals surface area (Å²) in [4.78, 5) is 10.9. The molecule has 3 aromatic carbocycles. The number of carboxylic acids is 1. The zero-order chi connectivity index (χ0) is 22.8. The molecule has 0 spiro atoms. The lowest BCUT2D eigenvalue weighted by Crippen LogP contribution is -2.15. The first-order chi connectivity index (χ1) is 16.1. The van der Waals surface area contributed by atoms with E-state index in [9.17, 15) is 9.18 Å². The molecule has 0 bridgehead atoms. The van der Waals surface area contributed by atoms with E-state index < -0.39 is 12.3 Å². The highest BCUT2D eigenvalue weighted by Gasteiger charge is 2.28. The molecular formula is C28H25FN2O2. The molecule has 3 N–H and O–H groups in total. The molecule has 3 aromatic rings. The maximum Gasteiger partial charge on any atom is 0.328 e. The third-order valence-electron chi connectivity index (χ3n) is 6.43. The lowest BCUT2D eigenvalue weighted by Gasteiger charge is -2.31. The largest absolute Gasteiger partial charge is 0.478 e. The first-order valence-electron chi connectivity index (χ1n) is 11.2. The van der Waals surface area contributed by atoms with Gasteiger partial charge in [-0.15, -0.1) is 0 Å². The van der Waals surface area contributed by atoms with Crippen LogP contribution in [0.4, 0.5) is 10.1 Å². The molecule has 1 heterocycles. The summed E-state index contributed by atoms with van der Waals surface area (Å²) in [6.45, 7) is 0. The van der Waals surface area contributed by atoms with Crippen LogP contribution in [0, 0.1) is 5.92 Å². The Balaban J connectivity index is 1.69. The quantitative estimate of drug-likeness (QED) is 0.234. The fourth-order valence-corrected chi connectivity index (χ4v) is 4.57. The SMILES string of the molecule is O=C(O)/C=C/c1ccc(/C(=C(\c2ccccc2)C2CCC2)c2ccc3c(c2)C(F)NN3)cc1. The molecule has 0 saturated heterocycles. The van der Waals surface area contributed by atoms with Crippen LogP contribution in [0.15, 0.2) is 78.9 Å². The minimum atomic E-state index is -1.26. The number of allylic oxidation sites excluding steroid dienone is 1. The number of carbonyl (C=O) groups is 1. The molecule has 1 saturated carbocycles. The van der Waals surface area contributed by atoms with Crippen LogP contribution in [0.25, 0.3) is 17.2 Å². The second-order valence-corrected chi connectivity index (χ2v) is 8.51. The van der Waals surface area contributed by atoms with Gasteiger partial charge in [-0.05, 0) is 70.4 Å². The van der Waals surface area contributed by atoms with E-state index in [1.54, 1.807) is 6.08 Å². The zero-order valence-electron chi connectivity index (χ0n) is 18.1. The maximum absolute atomic E-state index is 14.5. The monoisotopic (exact) mass is 440 g/mol. The molecule has 1 atom stereocenters. The Labute approximate surface area is 192 Å². The molecule has 1 fully saturated rings. The lowest BCUT2D eigenvalue weighted by molar-refractivity contribution is -0.131. The normalized spacial score (nSPS) is 18.4. The molecule has 0 radical (unpaired) electrons. The van der Waals surface area contributed by atoms with Crippen molar-refractivity contribution < 1.29 is 14.3 Å². The topological polar surface area (TPSA) is 61.4 Å². The van der Waals surface area contributed by atoms with Gasteiger partial charge in [-0.1, -0.05) is 67.1 Å². The van der Waals surface area contributed by atoms with Gasteiger partial charge in [-0.3, -0.25) is 0 Å². The van der Waals surface area contributed by atoms with Gasteiger partial charge in [0.15, 0.2) is 6.30 Å². The summed E-state index contributed by atoms with van der Waals surface area (Å²) in [5, 5.41) is 8.92. The molecule has 2 aliphatic rings. The van der Waals surface area contributed by atoms with Crippen LogP contribution in [0.5, 0.6) is 0 Å². The summed E-state index contributed by atoms with van der Waals surface area (Å²) in [5.74, 6) is -0.531. The number of halogens is 1. The van der Waals surface area contributed by atoms with Crippen molar-refractivity contribution in [1.82, 2.24) is 5.43 Å². The van der Waals surface area contributed by atoms with Gasteiger partial charge in [0.25, 0.3) is 0 Å². The van der Waals surface area contributed by atoms with Crippen molar-refractivity contribution in [2.75, 3.05) is 5.43 Å². The Morgan fingerprint density at radius 3 is 2.33 bits per heavy atom. The molecule has 166 valence electrons. The second kappa shape index (κ2) is 9.04. The number of hydrogen-bond acceptors (Lipinski definition) is 3. The standard InChI is InChI=1S/C28H25FN2O2/c29-28-23-17-22(14-15-24(23)30-31-28)27(21-12-9-18(10-13-21)11-16-25(32)33)26(20-7-4-8-20)19-5-2-1-3-6-19/h1-3,5-6,9-17,20,28,30-31H,4,7-8H2,(H,32,33)/b16-11+,27-26-. The van der Waals surface area contributed by atoms with Crippen molar-refractivity contribution in [1.29, 1.82) is 0 Å². The third-order valence-corrected chi connectivity index (χ3v) is 6.43. The summed E-state index contributed by atoms with van der Waals surface area (Å²) >= 11 is 0.